The number of ether oxygens (including phenoxy) is 1. The van der Waals surface area contributed by atoms with Gasteiger partial charge in [0, 0.05) is 5.56 Å². The maximum atomic E-state index is 12.2. The molecular weight excluding hydrogens is 342 g/mol. The Labute approximate surface area is 156 Å². The van der Waals surface area contributed by atoms with Crippen molar-refractivity contribution in [1.29, 1.82) is 5.26 Å². The van der Waals surface area contributed by atoms with Crippen LogP contribution in [-0.2, 0) is 0 Å². The number of aromatic amines is 1. The van der Waals surface area contributed by atoms with Crippen molar-refractivity contribution >= 4 is 12.2 Å². The molecule has 0 saturated heterocycles. The van der Waals surface area contributed by atoms with Gasteiger partial charge in [0.05, 0.1) is 18.5 Å². The number of anilines is 1. The first kappa shape index (κ1) is 17.9. The van der Waals surface area contributed by atoms with E-state index < -0.39 is 5.56 Å². The summed E-state index contributed by atoms with van der Waals surface area (Å²) in [6.07, 6.45) is 1.59. The third kappa shape index (κ3) is 4.38. The van der Waals surface area contributed by atoms with Gasteiger partial charge >= 0.3 is 0 Å². The lowest BCUT2D eigenvalue weighted by Gasteiger charge is -2.06. The van der Waals surface area contributed by atoms with E-state index in [4.69, 9.17) is 4.74 Å². The van der Waals surface area contributed by atoms with Gasteiger partial charge in [0.25, 0.3) is 5.56 Å². The molecule has 3 aromatic rings. The van der Waals surface area contributed by atoms with Gasteiger partial charge in [-0.25, -0.2) is 10.4 Å². The van der Waals surface area contributed by atoms with Crippen LogP contribution in [0.4, 0.5) is 5.95 Å². The third-order valence-corrected chi connectivity index (χ3v) is 3.65. The molecule has 3 rings (SSSR count). The lowest BCUT2D eigenvalue weighted by atomic mass is 10.1. The van der Waals surface area contributed by atoms with Gasteiger partial charge in [-0.2, -0.15) is 10.4 Å². The predicted molar refractivity (Wildman–Crippen MR) is 104 cm³/mol. The number of hydrogen-bond acceptors (Lipinski definition) is 6. The van der Waals surface area contributed by atoms with Crippen LogP contribution in [0.5, 0.6) is 5.75 Å². The molecule has 0 fully saturated rings. The molecule has 0 radical (unpaired) electrons. The van der Waals surface area contributed by atoms with Crippen LogP contribution in [0.1, 0.15) is 18.1 Å². The van der Waals surface area contributed by atoms with E-state index in [1.54, 1.807) is 18.3 Å². The number of benzene rings is 2. The number of rotatable bonds is 6. The number of hydrazone groups is 1. The maximum Gasteiger partial charge on any atom is 0.270 e. The zero-order valence-corrected chi connectivity index (χ0v) is 14.6. The van der Waals surface area contributed by atoms with Crippen molar-refractivity contribution in [1.82, 2.24) is 9.97 Å². The Morgan fingerprint density at radius 3 is 2.63 bits per heavy atom. The summed E-state index contributed by atoms with van der Waals surface area (Å²) in [5.41, 5.74) is 3.97. The average Bonchev–Trinajstić information content (AvgIpc) is 2.70. The van der Waals surface area contributed by atoms with Gasteiger partial charge in [0.15, 0.2) is 0 Å². The minimum Gasteiger partial charge on any atom is -0.494 e. The molecule has 2 aromatic carbocycles. The van der Waals surface area contributed by atoms with E-state index >= 15 is 0 Å². The molecule has 0 spiro atoms. The molecule has 2 N–H and O–H groups in total. The van der Waals surface area contributed by atoms with Gasteiger partial charge in [-0.3, -0.25) is 9.78 Å². The highest BCUT2D eigenvalue weighted by Crippen LogP contribution is 2.19. The number of nitrogens with one attached hydrogen (secondary N) is 2. The van der Waals surface area contributed by atoms with E-state index in [2.05, 4.69) is 20.5 Å². The second-order valence-electron chi connectivity index (χ2n) is 5.49. The summed E-state index contributed by atoms with van der Waals surface area (Å²) in [6, 6.07) is 18.4. The summed E-state index contributed by atoms with van der Waals surface area (Å²) < 4.78 is 5.39. The Morgan fingerprint density at radius 2 is 1.96 bits per heavy atom. The Hall–Kier alpha value is -3.92. The topological polar surface area (TPSA) is 103 Å². The molecule has 0 amide bonds. The number of H-pyrrole nitrogens is 1. The molecule has 7 heteroatoms. The van der Waals surface area contributed by atoms with Crippen LogP contribution in [0.2, 0.25) is 0 Å². The molecular formula is C20H17N5O2. The third-order valence-electron chi connectivity index (χ3n) is 3.65. The van der Waals surface area contributed by atoms with E-state index in [1.807, 2.05) is 55.5 Å². The van der Waals surface area contributed by atoms with Crippen molar-refractivity contribution in [3.63, 3.8) is 0 Å². The molecule has 27 heavy (non-hydrogen) atoms. The summed E-state index contributed by atoms with van der Waals surface area (Å²) in [6.45, 7) is 2.53. The smallest absolute Gasteiger partial charge is 0.270 e. The second-order valence-corrected chi connectivity index (χ2v) is 5.49. The molecule has 0 aliphatic carbocycles. The summed E-state index contributed by atoms with van der Waals surface area (Å²) in [4.78, 5) is 19.0. The second kappa shape index (κ2) is 8.45. The summed E-state index contributed by atoms with van der Waals surface area (Å²) in [7, 11) is 0. The summed E-state index contributed by atoms with van der Waals surface area (Å²) in [5, 5.41) is 13.4. The fourth-order valence-corrected chi connectivity index (χ4v) is 2.42. The van der Waals surface area contributed by atoms with E-state index in [-0.39, 0.29) is 11.5 Å². The van der Waals surface area contributed by atoms with Crippen LogP contribution >= 0.6 is 0 Å². The summed E-state index contributed by atoms with van der Waals surface area (Å²) in [5.74, 6) is 0.938. The van der Waals surface area contributed by atoms with Gasteiger partial charge in [-0.15, -0.1) is 0 Å². The van der Waals surface area contributed by atoms with E-state index in [0.29, 0.717) is 17.9 Å². The Kier molecular flexibility index (Phi) is 5.60. The molecule has 134 valence electrons. The van der Waals surface area contributed by atoms with Gasteiger partial charge < -0.3 is 4.74 Å². The van der Waals surface area contributed by atoms with Crippen molar-refractivity contribution in [2.75, 3.05) is 12.0 Å². The minimum atomic E-state index is -0.523. The van der Waals surface area contributed by atoms with Gasteiger partial charge in [0.1, 0.15) is 17.4 Å². The van der Waals surface area contributed by atoms with Crippen LogP contribution in [0.3, 0.4) is 0 Å². The molecule has 7 nitrogen and oxygen atoms in total. The van der Waals surface area contributed by atoms with Crippen molar-refractivity contribution < 1.29 is 4.74 Å². The first-order chi connectivity index (χ1) is 13.2. The molecule has 1 aromatic heterocycles. The number of nitriles is 1. The van der Waals surface area contributed by atoms with Crippen LogP contribution in [0.15, 0.2) is 64.5 Å². The lowest BCUT2D eigenvalue weighted by Crippen LogP contribution is -2.16. The van der Waals surface area contributed by atoms with Crippen molar-refractivity contribution in [2.24, 2.45) is 5.10 Å². The highest BCUT2D eigenvalue weighted by molar-refractivity contribution is 5.80. The first-order valence-electron chi connectivity index (χ1n) is 8.33. The van der Waals surface area contributed by atoms with Gasteiger partial charge in [-0.05, 0) is 36.8 Å². The Morgan fingerprint density at radius 1 is 1.22 bits per heavy atom. The highest BCUT2D eigenvalue weighted by Gasteiger charge is 2.12. The first-order valence-corrected chi connectivity index (χ1v) is 8.33. The number of aromatic nitrogens is 2. The van der Waals surface area contributed by atoms with Crippen molar-refractivity contribution in [2.45, 2.75) is 6.92 Å². The standard InChI is InChI=1S/C20H17N5O2/c1-2-27-16-10-8-14(9-11-16)13-22-25-20-23-18(15-6-4-3-5-7-15)17(12-21)19(26)24-20/h3-11,13H,2H2,1H3,(H2,23,24,25,26). The van der Waals surface area contributed by atoms with Crippen LogP contribution < -0.4 is 15.7 Å². The molecule has 0 bridgehead atoms. The van der Waals surface area contributed by atoms with Crippen LogP contribution in [0, 0.1) is 11.3 Å². The molecule has 0 aliphatic rings. The fourth-order valence-electron chi connectivity index (χ4n) is 2.42. The van der Waals surface area contributed by atoms with Gasteiger partial charge in [0.2, 0.25) is 5.95 Å². The Balaban J connectivity index is 1.82. The maximum absolute atomic E-state index is 12.2. The van der Waals surface area contributed by atoms with Crippen molar-refractivity contribution in [3.8, 4) is 23.1 Å². The quantitative estimate of drug-likeness (QED) is 0.520. The van der Waals surface area contributed by atoms with E-state index in [1.165, 1.54) is 0 Å². The van der Waals surface area contributed by atoms with Gasteiger partial charge in [-0.1, -0.05) is 30.3 Å². The fraction of sp³-hybridized carbons (Fsp3) is 0.100. The molecule has 0 atom stereocenters. The van der Waals surface area contributed by atoms with E-state index in [0.717, 1.165) is 11.3 Å². The molecule has 1 heterocycles. The normalized spacial score (nSPS) is 10.5. The van der Waals surface area contributed by atoms with Crippen LogP contribution in [0.25, 0.3) is 11.3 Å². The minimum absolute atomic E-state index is 0.0396. The monoisotopic (exact) mass is 359 g/mol. The summed E-state index contributed by atoms with van der Waals surface area (Å²) >= 11 is 0. The predicted octanol–water partition coefficient (Wildman–Crippen LogP) is 3.15. The SMILES string of the molecule is CCOc1ccc(C=NNc2nc(-c3ccccc3)c(C#N)c(=O)[nH]2)cc1. The average molecular weight is 359 g/mol. The number of nitrogens with zero attached hydrogens (tertiary/aromatic N) is 3. The largest absolute Gasteiger partial charge is 0.494 e. The lowest BCUT2D eigenvalue weighted by molar-refractivity contribution is 0.340. The van der Waals surface area contributed by atoms with Crippen molar-refractivity contribution in [3.05, 3.63) is 76.1 Å². The zero-order valence-electron chi connectivity index (χ0n) is 14.6. The van der Waals surface area contributed by atoms with E-state index in [9.17, 15) is 10.1 Å². The number of hydrogen-bond donors (Lipinski definition) is 2. The Bertz CT molecular complexity index is 1030. The highest BCUT2D eigenvalue weighted by atomic mass is 16.5. The zero-order chi connectivity index (χ0) is 19.1. The molecule has 0 saturated carbocycles. The molecule has 0 unspecified atom stereocenters. The van der Waals surface area contributed by atoms with Crippen LogP contribution in [-0.4, -0.2) is 22.8 Å². The molecule has 0 aliphatic heterocycles.